The van der Waals surface area contributed by atoms with Crippen LogP contribution in [0.25, 0.3) is 0 Å². The Hall–Kier alpha value is -1.55. The van der Waals surface area contributed by atoms with Crippen LogP contribution in [0.1, 0.15) is 43.2 Å². The first-order valence-electron chi connectivity index (χ1n) is 8.32. The third kappa shape index (κ3) is 3.09. The quantitative estimate of drug-likeness (QED) is 0.857. The molecule has 2 aliphatic rings. The molecule has 1 saturated heterocycles. The molecule has 2 fully saturated rings. The molecule has 1 heterocycles. The molecule has 0 aromatic heterocycles. The lowest BCUT2D eigenvalue weighted by Gasteiger charge is -2.30. The molecule has 4 nitrogen and oxygen atoms in total. The number of likely N-dealkylation sites (tertiary alicyclic amines) is 1. The molecule has 3 rings (SSSR count). The summed E-state index contributed by atoms with van der Waals surface area (Å²) in [6.45, 7) is 5.43. The van der Waals surface area contributed by atoms with E-state index in [1.54, 1.807) is 0 Å². The first kappa shape index (κ1) is 16.3. The van der Waals surface area contributed by atoms with E-state index in [1.165, 1.54) is 6.42 Å². The zero-order valence-corrected chi connectivity index (χ0v) is 14.5. The number of aryl methyl sites for hydroxylation is 2. The van der Waals surface area contributed by atoms with Crippen LogP contribution in [0.4, 0.5) is 5.69 Å². The van der Waals surface area contributed by atoms with Crippen LogP contribution >= 0.6 is 11.6 Å². The van der Waals surface area contributed by atoms with E-state index in [1.807, 2.05) is 30.9 Å². The van der Waals surface area contributed by atoms with Crippen LogP contribution in [0.5, 0.6) is 0 Å². The highest BCUT2D eigenvalue weighted by Gasteiger charge is 2.58. The number of halogens is 1. The Balaban J connectivity index is 1.76. The van der Waals surface area contributed by atoms with Gasteiger partial charge in [-0.25, -0.2) is 0 Å². The normalized spacial score (nSPS) is 19.3. The molecule has 1 N–H and O–H groups in total. The van der Waals surface area contributed by atoms with E-state index in [0.29, 0.717) is 23.6 Å². The van der Waals surface area contributed by atoms with Crippen molar-refractivity contribution >= 4 is 29.1 Å². The zero-order chi connectivity index (χ0) is 16.6. The fourth-order valence-corrected chi connectivity index (χ4v) is 3.74. The molecule has 124 valence electrons. The Bertz CT molecular complexity index is 623. The Morgan fingerprint density at radius 1 is 1.13 bits per heavy atom. The lowest BCUT2D eigenvalue weighted by atomic mass is 10.0. The number of hydrogen-bond acceptors (Lipinski definition) is 2. The molecule has 1 aromatic carbocycles. The number of amides is 2. The summed E-state index contributed by atoms with van der Waals surface area (Å²) in [5, 5.41) is 3.44. The second kappa shape index (κ2) is 6.16. The zero-order valence-electron chi connectivity index (χ0n) is 13.7. The lowest BCUT2D eigenvalue weighted by Crippen LogP contribution is -2.45. The molecule has 1 aromatic rings. The smallest absolute Gasteiger partial charge is 0.240 e. The summed E-state index contributed by atoms with van der Waals surface area (Å²) in [6, 6.07) is 3.81. The summed E-state index contributed by atoms with van der Waals surface area (Å²) < 4.78 is 0. The van der Waals surface area contributed by atoms with Crippen molar-refractivity contribution in [1.82, 2.24) is 4.90 Å². The molecular weight excluding hydrogens is 312 g/mol. The van der Waals surface area contributed by atoms with Crippen molar-refractivity contribution in [3.63, 3.8) is 0 Å². The van der Waals surface area contributed by atoms with Gasteiger partial charge in [0.1, 0.15) is 5.41 Å². The molecule has 1 aliphatic heterocycles. The van der Waals surface area contributed by atoms with Crippen LogP contribution in [-0.2, 0) is 9.59 Å². The molecule has 0 bridgehead atoms. The number of rotatable bonds is 3. The largest absolute Gasteiger partial charge is 0.342 e. The molecule has 0 spiro atoms. The number of anilines is 1. The van der Waals surface area contributed by atoms with Gasteiger partial charge in [-0.05, 0) is 63.1 Å². The van der Waals surface area contributed by atoms with Crippen LogP contribution in [0, 0.1) is 19.3 Å². The average molecular weight is 335 g/mol. The van der Waals surface area contributed by atoms with Gasteiger partial charge in [-0.3, -0.25) is 9.59 Å². The molecule has 1 aliphatic carbocycles. The monoisotopic (exact) mass is 334 g/mol. The Morgan fingerprint density at radius 3 is 2.35 bits per heavy atom. The summed E-state index contributed by atoms with van der Waals surface area (Å²) in [7, 11) is 0. The van der Waals surface area contributed by atoms with Gasteiger partial charge in [0.15, 0.2) is 0 Å². The number of nitrogens with zero attached hydrogens (tertiary/aromatic N) is 1. The van der Waals surface area contributed by atoms with Crippen LogP contribution < -0.4 is 5.32 Å². The van der Waals surface area contributed by atoms with Crippen LogP contribution in [-0.4, -0.2) is 29.8 Å². The van der Waals surface area contributed by atoms with Gasteiger partial charge >= 0.3 is 0 Å². The molecule has 0 atom stereocenters. The summed E-state index contributed by atoms with van der Waals surface area (Å²) in [6.07, 6.45) is 4.51. The molecular formula is C18H23ClN2O2. The maximum Gasteiger partial charge on any atom is 0.240 e. The average Bonchev–Trinajstić information content (AvgIpc) is 3.32. The number of benzene rings is 1. The van der Waals surface area contributed by atoms with Gasteiger partial charge in [0.25, 0.3) is 0 Å². The topological polar surface area (TPSA) is 49.4 Å². The van der Waals surface area contributed by atoms with E-state index in [4.69, 9.17) is 11.6 Å². The molecule has 23 heavy (non-hydrogen) atoms. The van der Waals surface area contributed by atoms with E-state index >= 15 is 0 Å². The number of carbonyl (C=O) groups is 2. The maximum atomic E-state index is 12.8. The van der Waals surface area contributed by atoms with Gasteiger partial charge in [-0.1, -0.05) is 17.7 Å². The van der Waals surface area contributed by atoms with E-state index in [9.17, 15) is 9.59 Å². The summed E-state index contributed by atoms with van der Waals surface area (Å²) >= 11 is 6.27. The van der Waals surface area contributed by atoms with Crippen molar-refractivity contribution in [2.75, 3.05) is 18.4 Å². The predicted molar refractivity (Wildman–Crippen MR) is 91.7 cm³/mol. The third-order valence-corrected chi connectivity index (χ3v) is 5.21. The Labute approximate surface area is 142 Å². The minimum absolute atomic E-state index is 0.00409. The van der Waals surface area contributed by atoms with E-state index < -0.39 is 5.41 Å². The first-order valence-corrected chi connectivity index (χ1v) is 8.69. The second-order valence-corrected chi connectivity index (χ2v) is 7.23. The molecule has 0 radical (unpaired) electrons. The highest BCUT2D eigenvalue weighted by molar-refractivity contribution is 6.34. The standard InChI is InChI=1S/C18H23ClN2O2/c1-12-10-13(2)15(14(19)11-12)20-16(22)18(6-7-18)17(23)21-8-4-3-5-9-21/h10-11H,3-9H2,1-2H3,(H,20,22). The van der Waals surface area contributed by atoms with E-state index in [2.05, 4.69) is 5.32 Å². The molecule has 2 amide bonds. The summed E-state index contributed by atoms with van der Waals surface area (Å²) in [4.78, 5) is 27.4. The fraction of sp³-hybridized carbons (Fsp3) is 0.556. The minimum Gasteiger partial charge on any atom is -0.342 e. The lowest BCUT2D eigenvalue weighted by molar-refractivity contribution is -0.143. The summed E-state index contributed by atoms with van der Waals surface area (Å²) in [5.74, 6) is -0.211. The van der Waals surface area contributed by atoms with Gasteiger partial charge in [-0.2, -0.15) is 0 Å². The Morgan fingerprint density at radius 2 is 1.78 bits per heavy atom. The summed E-state index contributed by atoms with van der Waals surface area (Å²) in [5.41, 5.74) is 1.73. The van der Waals surface area contributed by atoms with Crippen LogP contribution in [0.3, 0.4) is 0 Å². The highest BCUT2D eigenvalue weighted by atomic mass is 35.5. The molecule has 0 unspecified atom stereocenters. The van der Waals surface area contributed by atoms with Crippen molar-refractivity contribution in [1.29, 1.82) is 0 Å². The maximum absolute atomic E-state index is 12.8. The number of nitrogens with one attached hydrogen (secondary N) is 1. The minimum atomic E-state index is -0.863. The predicted octanol–water partition coefficient (Wildman–Crippen LogP) is 3.69. The van der Waals surface area contributed by atoms with Crippen molar-refractivity contribution in [3.8, 4) is 0 Å². The second-order valence-electron chi connectivity index (χ2n) is 6.83. The number of carbonyl (C=O) groups excluding carboxylic acids is 2. The molecule has 5 heteroatoms. The molecule has 1 saturated carbocycles. The van der Waals surface area contributed by atoms with E-state index in [-0.39, 0.29) is 11.8 Å². The highest BCUT2D eigenvalue weighted by Crippen LogP contribution is 2.49. The van der Waals surface area contributed by atoms with Gasteiger partial charge in [0.2, 0.25) is 11.8 Å². The van der Waals surface area contributed by atoms with Crippen molar-refractivity contribution in [3.05, 3.63) is 28.3 Å². The number of piperidine rings is 1. The fourth-order valence-electron chi connectivity index (χ4n) is 3.37. The SMILES string of the molecule is Cc1cc(C)c(NC(=O)C2(C(=O)N3CCCCC3)CC2)c(Cl)c1. The number of hydrogen-bond donors (Lipinski definition) is 1. The first-order chi connectivity index (χ1) is 10.9. The van der Waals surface area contributed by atoms with Gasteiger partial charge in [-0.15, -0.1) is 0 Å². The Kier molecular flexibility index (Phi) is 4.37. The van der Waals surface area contributed by atoms with Crippen molar-refractivity contribution in [2.24, 2.45) is 5.41 Å². The van der Waals surface area contributed by atoms with Gasteiger partial charge < -0.3 is 10.2 Å². The van der Waals surface area contributed by atoms with Gasteiger partial charge in [0.05, 0.1) is 10.7 Å². The third-order valence-electron chi connectivity index (χ3n) is 4.91. The van der Waals surface area contributed by atoms with Crippen molar-refractivity contribution in [2.45, 2.75) is 46.0 Å². The van der Waals surface area contributed by atoms with Gasteiger partial charge in [0, 0.05) is 13.1 Å². The van der Waals surface area contributed by atoms with Crippen molar-refractivity contribution < 1.29 is 9.59 Å². The van der Waals surface area contributed by atoms with Crippen LogP contribution in [0.15, 0.2) is 12.1 Å². The van der Waals surface area contributed by atoms with Crippen LogP contribution in [0.2, 0.25) is 5.02 Å². The van der Waals surface area contributed by atoms with E-state index in [0.717, 1.165) is 37.1 Å².